The van der Waals surface area contributed by atoms with Crippen LogP contribution >= 0.6 is 0 Å². The molecule has 0 aromatic heterocycles. The number of ether oxygens (including phenoxy) is 2. The monoisotopic (exact) mass is 358 g/mol. The second kappa shape index (κ2) is 15.4. The molecular formula is C12H24Na2O7S. The van der Waals surface area contributed by atoms with Gasteiger partial charge in [0.25, 0.3) is 10.1 Å². The molecule has 0 fully saturated rings. The van der Waals surface area contributed by atoms with Crippen molar-refractivity contribution in [3.8, 4) is 0 Å². The fraction of sp³-hybridized carbons (Fsp3) is 0.833. The van der Waals surface area contributed by atoms with Gasteiger partial charge in [0.2, 0.25) is 0 Å². The summed E-state index contributed by atoms with van der Waals surface area (Å²) in [5.74, 6) is -2.00. The smallest absolute Gasteiger partial charge is 1.00 e. The van der Waals surface area contributed by atoms with E-state index in [0.717, 1.165) is 19.3 Å². The van der Waals surface area contributed by atoms with Crippen molar-refractivity contribution in [1.29, 1.82) is 0 Å². The average molecular weight is 358 g/mol. The van der Waals surface area contributed by atoms with E-state index in [1.54, 1.807) is 6.92 Å². The zero-order valence-corrected chi connectivity index (χ0v) is 18.6. The zero-order valence-electron chi connectivity index (χ0n) is 15.8. The van der Waals surface area contributed by atoms with Crippen molar-refractivity contribution in [2.45, 2.75) is 51.2 Å². The molecule has 1 unspecified atom stereocenters. The standard InChI is InChI=1S/C12H22O7S.2Na.2H/c1-3-5-6-7-8-19-12(14)10(20(15,16)17)9-11(13)18-4-2;;;;/h10H,3-9H2,1-2H3,(H,15,16,17);;;;/q;2*+1;2*-1. The van der Waals surface area contributed by atoms with Gasteiger partial charge in [-0.05, 0) is 13.3 Å². The molecule has 0 saturated heterocycles. The number of carbonyl (C=O) groups is 2. The summed E-state index contributed by atoms with van der Waals surface area (Å²) in [5, 5.41) is -1.92. The van der Waals surface area contributed by atoms with Gasteiger partial charge >= 0.3 is 71.1 Å². The molecule has 10 heteroatoms. The van der Waals surface area contributed by atoms with E-state index in [-0.39, 0.29) is 75.2 Å². The molecule has 0 saturated carbocycles. The van der Waals surface area contributed by atoms with Crippen LogP contribution in [-0.4, -0.2) is 43.4 Å². The molecule has 22 heavy (non-hydrogen) atoms. The third-order valence-electron chi connectivity index (χ3n) is 2.52. The molecule has 0 bridgehead atoms. The van der Waals surface area contributed by atoms with Crippen LogP contribution in [0.2, 0.25) is 0 Å². The Balaban J connectivity index is -0.000000301. The van der Waals surface area contributed by atoms with E-state index in [1.807, 2.05) is 6.92 Å². The summed E-state index contributed by atoms with van der Waals surface area (Å²) in [6, 6.07) is 0. The topological polar surface area (TPSA) is 107 Å². The Morgan fingerprint density at radius 1 is 1.09 bits per heavy atom. The molecule has 0 aliphatic carbocycles. The molecule has 0 rings (SSSR count). The molecule has 0 aliphatic heterocycles. The number of esters is 2. The average Bonchev–Trinajstić information content (AvgIpc) is 2.34. The van der Waals surface area contributed by atoms with Crippen LogP contribution in [0.1, 0.15) is 48.8 Å². The molecule has 1 atom stereocenters. The van der Waals surface area contributed by atoms with Crippen LogP contribution in [0.3, 0.4) is 0 Å². The van der Waals surface area contributed by atoms with E-state index in [0.29, 0.717) is 6.42 Å². The van der Waals surface area contributed by atoms with Crippen LogP contribution in [0.25, 0.3) is 0 Å². The van der Waals surface area contributed by atoms with E-state index in [4.69, 9.17) is 9.29 Å². The molecule has 0 amide bonds. The van der Waals surface area contributed by atoms with Gasteiger partial charge in [-0.3, -0.25) is 14.1 Å². The Bertz CT molecular complexity index is 422. The van der Waals surface area contributed by atoms with Crippen LogP contribution in [0.4, 0.5) is 0 Å². The van der Waals surface area contributed by atoms with E-state index in [9.17, 15) is 18.0 Å². The fourth-order valence-corrected chi connectivity index (χ4v) is 2.13. The predicted octanol–water partition coefficient (Wildman–Crippen LogP) is -4.45. The minimum atomic E-state index is -4.70. The maximum atomic E-state index is 11.6. The number of rotatable bonds is 10. The first-order chi connectivity index (χ1) is 9.32. The Labute approximate surface area is 179 Å². The fourth-order valence-electron chi connectivity index (χ4n) is 1.48. The van der Waals surface area contributed by atoms with Crippen molar-refractivity contribution in [3.63, 3.8) is 0 Å². The van der Waals surface area contributed by atoms with Crippen LogP contribution < -0.4 is 59.1 Å². The van der Waals surface area contributed by atoms with E-state index in [2.05, 4.69) is 4.74 Å². The zero-order chi connectivity index (χ0) is 15.6. The molecule has 0 aliphatic rings. The molecule has 0 spiro atoms. The molecule has 0 aromatic rings. The number of hydrogen-bond acceptors (Lipinski definition) is 6. The third kappa shape index (κ3) is 13.3. The van der Waals surface area contributed by atoms with Gasteiger partial charge in [-0.15, -0.1) is 0 Å². The quantitative estimate of drug-likeness (QED) is 0.182. The van der Waals surface area contributed by atoms with Crippen LogP contribution in [0.15, 0.2) is 0 Å². The van der Waals surface area contributed by atoms with Crippen molar-refractivity contribution in [3.05, 3.63) is 0 Å². The van der Waals surface area contributed by atoms with Gasteiger partial charge < -0.3 is 12.3 Å². The maximum Gasteiger partial charge on any atom is 1.00 e. The Morgan fingerprint density at radius 3 is 2.14 bits per heavy atom. The Hall–Kier alpha value is 0.850. The first-order valence-electron chi connectivity index (χ1n) is 6.61. The van der Waals surface area contributed by atoms with Crippen LogP contribution in [0, 0.1) is 0 Å². The van der Waals surface area contributed by atoms with E-state index >= 15 is 0 Å². The van der Waals surface area contributed by atoms with Gasteiger partial charge in [0.1, 0.15) is 0 Å². The maximum absolute atomic E-state index is 11.6. The SMILES string of the molecule is CCCCCCOC(=O)C(CC(=O)OCC)S(=O)(=O)O.[H-].[H-].[Na+].[Na+]. The molecule has 0 aromatic carbocycles. The second-order valence-corrected chi connectivity index (χ2v) is 5.84. The van der Waals surface area contributed by atoms with Crippen molar-refractivity contribution >= 4 is 22.1 Å². The molecule has 0 radical (unpaired) electrons. The molecule has 0 heterocycles. The first kappa shape index (κ1) is 27.7. The van der Waals surface area contributed by atoms with Crippen molar-refractivity contribution < 1.29 is 94.0 Å². The largest absolute Gasteiger partial charge is 1.00 e. The van der Waals surface area contributed by atoms with Crippen LogP contribution in [0.5, 0.6) is 0 Å². The van der Waals surface area contributed by atoms with Gasteiger partial charge in [0.05, 0.1) is 19.6 Å². The Kier molecular flexibility index (Phi) is 19.4. The summed E-state index contributed by atoms with van der Waals surface area (Å²) in [6.07, 6.45) is 2.72. The molecule has 122 valence electrons. The van der Waals surface area contributed by atoms with Crippen LogP contribution in [-0.2, 0) is 29.2 Å². The van der Waals surface area contributed by atoms with Crippen molar-refractivity contribution in [1.82, 2.24) is 0 Å². The summed E-state index contributed by atoms with van der Waals surface area (Å²) in [4.78, 5) is 22.8. The predicted molar refractivity (Wildman–Crippen MR) is 73.9 cm³/mol. The molecular weight excluding hydrogens is 334 g/mol. The summed E-state index contributed by atoms with van der Waals surface area (Å²) >= 11 is 0. The van der Waals surface area contributed by atoms with Gasteiger partial charge in [0.15, 0.2) is 5.25 Å². The molecule has 7 nitrogen and oxygen atoms in total. The summed E-state index contributed by atoms with van der Waals surface area (Å²) in [6.45, 7) is 3.70. The van der Waals surface area contributed by atoms with Crippen molar-refractivity contribution in [2.75, 3.05) is 13.2 Å². The summed E-state index contributed by atoms with van der Waals surface area (Å²) < 4.78 is 40.5. The van der Waals surface area contributed by atoms with Gasteiger partial charge in [0, 0.05) is 0 Å². The number of hydrogen-bond donors (Lipinski definition) is 1. The van der Waals surface area contributed by atoms with Gasteiger partial charge in [-0.1, -0.05) is 26.2 Å². The van der Waals surface area contributed by atoms with Gasteiger partial charge in [-0.25, -0.2) is 0 Å². The van der Waals surface area contributed by atoms with E-state index in [1.165, 1.54) is 0 Å². The first-order valence-corrected chi connectivity index (χ1v) is 8.11. The van der Waals surface area contributed by atoms with Crippen molar-refractivity contribution in [2.24, 2.45) is 0 Å². The second-order valence-electron chi connectivity index (χ2n) is 4.24. The van der Waals surface area contributed by atoms with E-state index < -0.39 is 33.7 Å². The van der Waals surface area contributed by atoms with Gasteiger partial charge in [-0.2, -0.15) is 8.42 Å². The number of unbranched alkanes of at least 4 members (excludes halogenated alkanes) is 3. The summed E-state index contributed by atoms with van der Waals surface area (Å²) in [7, 11) is -4.70. The normalized spacial score (nSPS) is 11.6. The third-order valence-corrected chi connectivity index (χ3v) is 3.60. The number of carbonyl (C=O) groups excluding carboxylic acids is 2. The summed E-state index contributed by atoms with van der Waals surface area (Å²) in [5.41, 5.74) is 0. The molecule has 1 N–H and O–H groups in total. The minimum absolute atomic E-state index is 0. The minimum Gasteiger partial charge on any atom is -1.00 e. The Morgan fingerprint density at radius 2 is 1.68 bits per heavy atom.